The standard InChI is InChI=1S/C53H52N6O8S2/c1-30(33-8-12-35(13-9-33)47-31(2)54-29-68-47)56-51(65)43-24-40(62)27-59(43)52(66)49(53(3,4)5)57-45(63)28-67-41-21-6-32(7-22-41)26-55-58-50(64)37-14-10-34(11-15-37)46-42-23-20-39(61)25-44(42)69-48(46)36-16-18-38(60)19-17-36/h6-23,25-26,29-30,40,43,49,60-62H,24,27-28H2,1-5H3,(H,56,65)(H,57,63)(H,58,64)/b55-26+/t30-,40+,43-,49+/m0/s1. The number of aryl methyl sites for hydroxylation is 1. The van der Waals surface area contributed by atoms with Crippen LogP contribution >= 0.6 is 22.7 Å². The first kappa shape index (κ1) is 48.1. The van der Waals surface area contributed by atoms with E-state index in [0.29, 0.717) is 16.9 Å². The van der Waals surface area contributed by atoms with Gasteiger partial charge in [0.1, 0.15) is 29.3 Å². The largest absolute Gasteiger partial charge is 0.508 e. The average molecular weight is 965 g/mol. The predicted octanol–water partition coefficient (Wildman–Crippen LogP) is 8.59. The molecule has 0 aliphatic carbocycles. The van der Waals surface area contributed by atoms with Gasteiger partial charge in [-0.25, -0.2) is 10.4 Å². The highest BCUT2D eigenvalue weighted by atomic mass is 32.1. The SMILES string of the molecule is Cc1ncsc1-c1ccc([C@H](C)NC(=O)[C@@H]2C[C@@H](O)CN2C(=O)[C@@H](NC(=O)COc2ccc(/C=N/NC(=O)c3ccc(-c4c(-c5ccc(O)cc5)sc5cc(O)ccc45)cc3)cc2)C(C)(C)C)cc1. The van der Waals surface area contributed by atoms with Crippen molar-refractivity contribution in [1.82, 2.24) is 25.9 Å². The lowest BCUT2D eigenvalue weighted by atomic mass is 9.85. The fraction of sp³-hybridized carbons (Fsp3) is 0.245. The number of benzene rings is 5. The summed E-state index contributed by atoms with van der Waals surface area (Å²) < 4.78 is 6.66. The van der Waals surface area contributed by atoms with Crippen molar-refractivity contribution in [2.45, 2.75) is 65.3 Å². The molecule has 0 unspecified atom stereocenters. The second-order valence-electron chi connectivity index (χ2n) is 18.0. The van der Waals surface area contributed by atoms with Crippen molar-refractivity contribution in [2.24, 2.45) is 10.5 Å². The number of phenols is 2. The van der Waals surface area contributed by atoms with Gasteiger partial charge in [-0.15, -0.1) is 22.7 Å². The molecule has 8 rings (SSSR count). The van der Waals surface area contributed by atoms with Crippen LogP contribution in [0.4, 0.5) is 0 Å². The van der Waals surface area contributed by atoms with Gasteiger partial charge in [-0.2, -0.15) is 5.10 Å². The Morgan fingerprint density at radius 2 is 1.51 bits per heavy atom. The number of thiophene rings is 1. The number of carbonyl (C=O) groups excluding carboxylic acids is 4. The fourth-order valence-corrected chi connectivity index (χ4v) is 10.3. The summed E-state index contributed by atoms with van der Waals surface area (Å²) in [5, 5.41) is 41.6. The van der Waals surface area contributed by atoms with Crippen LogP contribution in [0.25, 0.3) is 42.1 Å². The molecule has 14 nitrogen and oxygen atoms in total. The van der Waals surface area contributed by atoms with Crippen molar-refractivity contribution in [3.05, 3.63) is 143 Å². The lowest BCUT2D eigenvalue weighted by molar-refractivity contribution is -0.144. The molecule has 354 valence electrons. The number of thiazole rings is 1. The molecular formula is C53H52N6O8S2. The van der Waals surface area contributed by atoms with E-state index in [0.717, 1.165) is 53.4 Å². The molecule has 0 spiro atoms. The molecule has 0 saturated carbocycles. The van der Waals surface area contributed by atoms with Crippen molar-refractivity contribution in [3.63, 3.8) is 0 Å². The maximum atomic E-state index is 14.1. The monoisotopic (exact) mass is 964 g/mol. The minimum absolute atomic E-state index is 0.0499. The van der Waals surface area contributed by atoms with E-state index in [1.165, 1.54) is 22.5 Å². The Bertz CT molecular complexity index is 3020. The average Bonchev–Trinajstić information content (AvgIpc) is 4.06. The molecular weight excluding hydrogens is 913 g/mol. The number of carbonyl (C=O) groups is 4. The number of aliphatic hydroxyl groups is 1. The molecule has 1 saturated heterocycles. The van der Waals surface area contributed by atoms with Crippen molar-refractivity contribution in [3.8, 4) is 49.3 Å². The number of aromatic hydroxyl groups is 2. The van der Waals surface area contributed by atoms with Crippen molar-refractivity contribution in [2.75, 3.05) is 13.2 Å². The van der Waals surface area contributed by atoms with E-state index in [4.69, 9.17) is 4.74 Å². The van der Waals surface area contributed by atoms with Crippen LogP contribution in [0.3, 0.4) is 0 Å². The summed E-state index contributed by atoms with van der Waals surface area (Å²) in [5.74, 6) is -1.12. The fourth-order valence-electron chi connectivity index (χ4n) is 8.22. The maximum absolute atomic E-state index is 14.1. The topological polar surface area (TPSA) is 203 Å². The molecule has 7 aromatic rings. The maximum Gasteiger partial charge on any atom is 0.271 e. The number of likely N-dealkylation sites (tertiary alicyclic amines) is 1. The van der Waals surface area contributed by atoms with Crippen LogP contribution < -0.4 is 20.8 Å². The van der Waals surface area contributed by atoms with Gasteiger partial charge in [0.2, 0.25) is 11.8 Å². The molecule has 3 heterocycles. The highest BCUT2D eigenvalue weighted by Crippen LogP contribution is 2.46. The number of phenolic OH excluding ortho intramolecular Hbond substituents is 2. The van der Waals surface area contributed by atoms with Crippen LogP contribution in [0.5, 0.6) is 17.2 Å². The normalized spacial score (nSPS) is 15.8. The lowest BCUT2D eigenvalue weighted by Crippen LogP contribution is -2.58. The highest BCUT2D eigenvalue weighted by molar-refractivity contribution is 7.23. The van der Waals surface area contributed by atoms with Crippen molar-refractivity contribution >= 4 is 62.6 Å². The zero-order valence-corrected chi connectivity index (χ0v) is 40.2. The number of nitrogens with zero attached hydrogens (tertiary/aromatic N) is 3. The first-order chi connectivity index (χ1) is 33.0. The quantitative estimate of drug-likeness (QED) is 0.0456. The third-order valence-electron chi connectivity index (χ3n) is 11.9. The summed E-state index contributed by atoms with van der Waals surface area (Å²) in [7, 11) is 0. The van der Waals surface area contributed by atoms with Crippen LogP contribution in [0, 0.1) is 12.3 Å². The Morgan fingerprint density at radius 1 is 0.855 bits per heavy atom. The third kappa shape index (κ3) is 11.2. The first-order valence-corrected chi connectivity index (χ1v) is 24.0. The molecule has 16 heteroatoms. The Morgan fingerprint density at radius 3 is 2.17 bits per heavy atom. The molecule has 2 aromatic heterocycles. The Hall–Kier alpha value is -7.40. The van der Waals surface area contributed by atoms with Gasteiger partial charge in [-0.05, 0) is 126 Å². The van der Waals surface area contributed by atoms with E-state index in [1.54, 1.807) is 72.0 Å². The second kappa shape index (κ2) is 20.4. The minimum atomic E-state index is -1.02. The number of nitrogens with one attached hydrogen (secondary N) is 3. The smallest absolute Gasteiger partial charge is 0.271 e. The van der Waals surface area contributed by atoms with Gasteiger partial charge in [0.05, 0.1) is 34.4 Å². The van der Waals surface area contributed by atoms with Crippen LogP contribution in [0.1, 0.15) is 67.3 Å². The lowest BCUT2D eigenvalue weighted by Gasteiger charge is -2.35. The van der Waals surface area contributed by atoms with Gasteiger partial charge in [-0.1, -0.05) is 57.2 Å². The zero-order valence-electron chi connectivity index (χ0n) is 38.6. The van der Waals surface area contributed by atoms with Gasteiger partial charge in [-0.3, -0.25) is 19.2 Å². The molecule has 0 radical (unpaired) electrons. The van der Waals surface area contributed by atoms with Crippen molar-refractivity contribution < 1.29 is 39.2 Å². The van der Waals surface area contributed by atoms with E-state index in [9.17, 15) is 34.5 Å². The first-order valence-electron chi connectivity index (χ1n) is 22.3. The summed E-state index contributed by atoms with van der Waals surface area (Å²) in [4.78, 5) is 61.9. The van der Waals surface area contributed by atoms with Gasteiger partial charge in [0.25, 0.3) is 11.8 Å². The number of ether oxygens (including phenoxy) is 1. The predicted molar refractivity (Wildman–Crippen MR) is 269 cm³/mol. The molecule has 4 atom stereocenters. The molecule has 1 fully saturated rings. The summed E-state index contributed by atoms with van der Waals surface area (Å²) >= 11 is 3.09. The van der Waals surface area contributed by atoms with Crippen LogP contribution in [0.15, 0.2) is 126 Å². The molecule has 69 heavy (non-hydrogen) atoms. The van der Waals surface area contributed by atoms with Gasteiger partial charge in [0.15, 0.2) is 6.61 Å². The number of hydrazone groups is 1. The highest BCUT2D eigenvalue weighted by Gasteiger charge is 2.44. The number of aliphatic hydroxyl groups excluding tert-OH is 1. The number of hydrogen-bond donors (Lipinski definition) is 6. The number of amides is 4. The molecule has 1 aliphatic heterocycles. The van der Waals surface area contributed by atoms with E-state index < -0.39 is 53.8 Å². The Kier molecular flexibility index (Phi) is 14.2. The van der Waals surface area contributed by atoms with Crippen LogP contribution in [-0.4, -0.2) is 86.4 Å². The summed E-state index contributed by atoms with van der Waals surface area (Å²) in [5.41, 5.74) is 10.3. The summed E-state index contributed by atoms with van der Waals surface area (Å²) in [6, 6.07) is 31.6. The van der Waals surface area contributed by atoms with Crippen LogP contribution in [0.2, 0.25) is 0 Å². The van der Waals surface area contributed by atoms with Crippen LogP contribution in [-0.2, 0) is 14.4 Å². The van der Waals surface area contributed by atoms with E-state index in [-0.39, 0.29) is 30.5 Å². The van der Waals surface area contributed by atoms with Crippen molar-refractivity contribution in [1.29, 1.82) is 0 Å². The molecule has 1 aliphatic rings. The summed E-state index contributed by atoms with van der Waals surface area (Å²) in [6.07, 6.45) is 0.635. The van der Waals surface area contributed by atoms with E-state index in [2.05, 4.69) is 26.1 Å². The van der Waals surface area contributed by atoms with Gasteiger partial charge in [0, 0.05) is 39.1 Å². The number of fused-ring (bicyclic) bond motifs is 1. The number of aromatic nitrogens is 1. The van der Waals surface area contributed by atoms with E-state index >= 15 is 0 Å². The molecule has 4 amide bonds. The summed E-state index contributed by atoms with van der Waals surface area (Å²) in [6.45, 7) is 8.83. The number of hydrogen-bond acceptors (Lipinski definition) is 12. The van der Waals surface area contributed by atoms with E-state index in [1.807, 2.05) is 94.7 Å². The molecule has 6 N–H and O–H groups in total. The molecule has 5 aromatic carbocycles. The number of rotatable bonds is 14. The Balaban J connectivity index is 0.835. The molecule has 0 bridgehead atoms. The second-order valence-corrected chi connectivity index (χ2v) is 20.0. The zero-order chi connectivity index (χ0) is 49.0. The van der Waals surface area contributed by atoms with Gasteiger partial charge < -0.3 is 35.6 Å². The van der Waals surface area contributed by atoms with Gasteiger partial charge >= 0.3 is 0 Å². The number of β-amino-alcohol motifs (C(OH)–C–C–N with tert-alkyl or cyclic N) is 1. The Labute approximate surface area is 407 Å². The minimum Gasteiger partial charge on any atom is -0.508 e. The third-order valence-corrected chi connectivity index (χ3v) is 14.1.